The Morgan fingerprint density at radius 3 is 2.59 bits per heavy atom. The predicted molar refractivity (Wildman–Crippen MR) is 76.3 cm³/mol. The molecule has 2 nitrogen and oxygen atoms in total. The molecular formula is C14H21ClN2. The molecule has 0 amide bonds. The zero-order valence-corrected chi connectivity index (χ0v) is 10.9. The molecule has 1 aromatic rings. The van der Waals surface area contributed by atoms with Crippen LogP contribution >= 0.6 is 11.6 Å². The van der Waals surface area contributed by atoms with Crippen LogP contribution in [0.1, 0.15) is 12.0 Å². The van der Waals surface area contributed by atoms with E-state index in [0.29, 0.717) is 12.4 Å². The van der Waals surface area contributed by atoms with Crippen LogP contribution in [0.25, 0.3) is 6.08 Å². The fraction of sp³-hybridized carbons (Fsp3) is 0.429. The molecule has 3 heteroatoms. The molecule has 0 heterocycles. The van der Waals surface area contributed by atoms with Crippen LogP contribution in [0, 0.1) is 0 Å². The first-order valence-corrected chi connectivity index (χ1v) is 6.60. The lowest BCUT2D eigenvalue weighted by atomic mass is 10.2. The third kappa shape index (κ3) is 6.47. The van der Waals surface area contributed by atoms with Gasteiger partial charge in [0.1, 0.15) is 0 Å². The molecule has 94 valence electrons. The topological polar surface area (TPSA) is 29.3 Å². The first-order valence-electron chi connectivity index (χ1n) is 6.07. The molecule has 0 spiro atoms. The average Bonchev–Trinajstić information content (AvgIpc) is 2.37. The summed E-state index contributed by atoms with van der Waals surface area (Å²) in [5, 5.41) is 0. The maximum Gasteiger partial charge on any atom is 0.0235 e. The number of benzene rings is 1. The van der Waals surface area contributed by atoms with Crippen molar-refractivity contribution in [2.75, 3.05) is 32.1 Å². The molecule has 1 rings (SSSR count). The Labute approximate surface area is 109 Å². The Kier molecular flexibility index (Phi) is 7.72. The van der Waals surface area contributed by atoms with Gasteiger partial charge in [-0.25, -0.2) is 0 Å². The molecule has 1 aromatic carbocycles. The normalized spacial score (nSPS) is 11.5. The minimum absolute atomic E-state index is 0.696. The number of hydrogen-bond acceptors (Lipinski definition) is 2. The second-order valence-electron chi connectivity index (χ2n) is 3.94. The van der Waals surface area contributed by atoms with Crippen molar-refractivity contribution >= 4 is 17.7 Å². The van der Waals surface area contributed by atoms with Crippen molar-refractivity contribution in [2.45, 2.75) is 6.42 Å². The van der Waals surface area contributed by atoms with Crippen molar-refractivity contribution in [3.05, 3.63) is 42.0 Å². The number of nitrogens with two attached hydrogens (primary N) is 1. The first kappa shape index (κ1) is 14.2. The summed E-state index contributed by atoms with van der Waals surface area (Å²) >= 11 is 5.70. The van der Waals surface area contributed by atoms with Crippen molar-refractivity contribution in [1.29, 1.82) is 0 Å². The minimum Gasteiger partial charge on any atom is -0.329 e. The lowest BCUT2D eigenvalue weighted by Gasteiger charge is -2.18. The fourth-order valence-electron chi connectivity index (χ4n) is 1.66. The second-order valence-corrected chi connectivity index (χ2v) is 4.32. The van der Waals surface area contributed by atoms with Crippen LogP contribution in [0.3, 0.4) is 0 Å². The molecule has 0 bridgehead atoms. The zero-order valence-electron chi connectivity index (χ0n) is 10.2. The summed E-state index contributed by atoms with van der Waals surface area (Å²) in [6, 6.07) is 10.3. The van der Waals surface area contributed by atoms with E-state index in [9.17, 15) is 0 Å². The van der Waals surface area contributed by atoms with Crippen LogP contribution in [0.5, 0.6) is 0 Å². The molecule has 0 atom stereocenters. The van der Waals surface area contributed by atoms with Crippen LogP contribution in [-0.4, -0.2) is 37.0 Å². The molecule has 0 radical (unpaired) electrons. The average molecular weight is 253 g/mol. The molecule has 2 N–H and O–H groups in total. The van der Waals surface area contributed by atoms with E-state index in [1.807, 2.05) is 18.2 Å². The van der Waals surface area contributed by atoms with E-state index in [0.717, 1.165) is 26.1 Å². The monoisotopic (exact) mass is 252 g/mol. The highest BCUT2D eigenvalue weighted by Gasteiger charge is 2.00. The molecule has 0 aliphatic rings. The van der Waals surface area contributed by atoms with Crippen LogP contribution in [-0.2, 0) is 0 Å². The Balaban J connectivity index is 2.37. The maximum atomic E-state index is 5.70. The molecule has 0 fully saturated rings. The van der Waals surface area contributed by atoms with Crippen LogP contribution < -0.4 is 5.73 Å². The Bertz CT molecular complexity index is 311. The smallest absolute Gasteiger partial charge is 0.0235 e. The van der Waals surface area contributed by atoms with Crippen molar-refractivity contribution in [3.8, 4) is 0 Å². The van der Waals surface area contributed by atoms with Gasteiger partial charge >= 0.3 is 0 Å². The SMILES string of the molecule is NCCN(CC=Cc1ccccc1)CCCCl. The summed E-state index contributed by atoms with van der Waals surface area (Å²) in [6.45, 7) is 3.57. The molecule has 0 aliphatic carbocycles. The maximum absolute atomic E-state index is 5.70. The van der Waals surface area contributed by atoms with Gasteiger partial charge in [-0.05, 0) is 18.5 Å². The van der Waals surface area contributed by atoms with Crippen molar-refractivity contribution in [1.82, 2.24) is 4.90 Å². The van der Waals surface area contributed by atoms with Gasteiger partial charge in [0.25, 0.3) is 0 Å². The van der Waals surface area contributed by atoms with Gasteiger partial charge in [0.15, 0.2) is 0 Å². The highest BCUT2D eigenvalue weighted by atomic mass is 35.5. The number of halogens is 1. The molecule has 0 aromatic heterocycles. The molecule has 0 saturated carbocycles. The summed E-state index contributed by atoms with van der Waals surface area (Å²) < 4.78 is 0. The second kappa shape index (κ2) is 9.23. The number of rotatable bonds is 8. The van der Waals surface area contributed by atoms with Crippen LogP contribution in [0.2, 0.25) is 0 Å². The minimum atomic E-state index is 0.696. The molecule has 0 aliphatic heterocycles. The van der Waals surface area contributed by atoms with Crippen molar-refractivity contribution in [3.63, 3.8) is 0 Å². The Morgan fingerprint density at radius 1 is 1.18 bits per heavy atom. The van der Waals surface area contributed by atoms with Gasteiger partial charge < -0.3 is 5.73 Å². The number of alkyl halides is 1. The van der Waals surface area contributed by atoms with Gasteiger partial charge in [-0.15, -0.1) is 11.6 Å². The largest absolute Gasteiger partial charge is 0.329 e. The summed E-state index contributed by atoms with van der Waals surface area (Å²) in [4.78, 5) is 2.32. The quantitative estimate of drug-likeness (QED) is 0.721. The third-order valence-electron chi connectivity index (χ3n) is 2.53. The standard InChI is InChI=1S/C14H21ClN2/c15-9-5-12-17(13-10-16)11-4-8-14-6-2-1-3-7-14/h1-4,6-8H,5,9-13,16H2. The van der Waals surface area contributed by atoms with Crippen LogP contribution in [0.15, 0.2) is 36.4 Å². The Hall–Kier alpha value is -0.830. The van der Waals surface area contributed by atoms with E-state index in [-0.39, 0.29) is 0 Å². The molecule has 17 heavy (non-hydrogen) atoms. The van der Waals surface area contributed by atoms with E-state index < -0.39 is 0 Å². The summed E-state index contributed by atoms with van der Waals surface area (Å²) in [6.07, 6.45) is 5.34. The van der Waals surface area contributed by atoms with Crippen LogP contribution in [0.4, 0.5) is 0 Å². The van der Waals surface area contributed by atoms with Gasteiger partial charge in [0.05, 0.1) is 0 Å². The van der Waals surface area contributed by atoms with Crippen molar-refractivity contribution in [2.24, 2.45) is 5.73 Å². The zero-order chi connectivity index (χ0) is 12.3. The number of hydrogen-bond donors (Lipinski definition) is 1. The van der Waals surface area contributed by atoms with E-state index in [4.69, 9.17) is 17.3 Å². The van der Waals surface area contributed by atoms with E-state index >= 15 is 0 Å². The predicted octanol–water partition coefficient (Wildman–Crippen LogP) is 2.59. The van der Waals surface area contributed by atoms with Gasteiger partial charge in [-0.1, -0.05) is 42.5 Å². The highest BCUT2D eigenvalue weighted by Crippen LogP contribution is 2.01. The fourth-order valence-corrected chi connectivity index (χ4v) is 1.78. The molecule has 0 unspecified atom stereocenters. The lowest BCUT2D eigenvalue weighted by molar-refractivity contribution is 0.312. The van der Waals surface area contributed by atoms with Gasteiger partial charge in [-0.3, -0.25) is 4.90 Å². The Morgan fingerprint density at radius 2 is 1.94 bits per heavy atom. The molecule has 0 saturated heterocycles. The van der Waals surface area contributed by atoms with Gasteiger partial charge in [0, 0.05) is 25.5 Å². The van der Waals surface area contributed by atoms with E-state index in [1.54, 1.807) is 0 Å². The van der Waals surface area contributed by atoms with E-state index in [1.165, 1.54) is 5.56 Å². The first-order chi connectivity index (χ1) is 8.36. The van der Waals surface area contributed by atoms with Gasteiger partial charge in [-0.2, -0.15) is 0 Å². The van der Waals surface area contributed by atoms with Gasteiger partial charge in [0.2, 0.25) is 0 Å². The summed E-state index contributed by atoms with van der Waals surface area (Å²) in [7, 11) is 0. The van der Waals surface area contributed by atoms with E-state index in [2.05, 4.69) is 29.2 Å². The van der Waals surface area contributed by atoms with Crippen molar-refractivity contribution < 1.29 is 0 Å². The lowest BCUT2D eigenvalue weighted by Crippen LogP contribution is -2.30. The number of nitrogens with zero attached hydrogens (tertiary/aromatic N) is 1. The molecular weight excluding hydrogens is 232 g/mol. The summed E-state index contributed by atoms with van der Waals surface area (Å²) in [5.41, 5.74) is 6.82. The third-order valence-corrected chi connectivity index (χ3v) is 2.79. The highest BCUT2D eigenvalue weighted by molar-refractivity contribution is 6.17. The summed E-state index contributed by atoms with van der Waals surface area (Å²) in [5.74, 6) is 0.712.